The first kappa shape index (κ1) is 35.5. The number of hydrogen-bond acceptors (Lipinski definition) is 0. The van der Waals surface area contributed by atoms with Gasteiger partial charge in [-0.2, -0.15) is 0 Å². The summed E-state index contributed by atoms with van der Waals surface area (Å²) in [6.07, 6.45) is 5.33. The van der Waals surface area contributed by atoms with Crippen molar-refractivity contribution in [2.75, 3.05) is 0 Å². The third-order valence-electron chi connectivity index (χ3n) is 2.04. The molecule has 0 nitrogen and oxygen atoms in total. The molecule has 0 aliphatic rings. The molecule has 0 atom stereocenters. The van der Waals surface area contributed by atoms with E-state index < -0.39 is 0 Å². The molecule has 0 heterocycles. The van der Waals surface area contributed by atoms with Crippen LogP contribution < -0.4 is 0 Å². The summed E-state index contributed by atoms with van der Waals surface area (Å²) in [5.74, 6) is 0. The molecule has 0 N–H and O–H groups in total. The molecule has 0 aliphatic heterocycles. The zero-order valence-electron chi connectivity index (χ0n) is 19.8. The Labute approximate surface area is 168 Å². The maximum atomic E-state index is 2.21. The van der Waals surface area contributed by atoms with Crippen LogP contribution in [0.15, 0.2) is 72.8 Å². The van der Waals surface area contributed by atoms with Gasteiger partial charge in [0.1, 0.15) is 0 Å². The highest BCUT2D eigenvalue weighted by atomic mass is 13.7. The molecule has 0 radical (unpaired) electrons. The van der Waals surface area contributed by atoms with Gasteiger partial charge in [0.05, 0.1) is 0 Å². The quantitative estimate of drug-likeness (QED) is 0.498. The Hall–Kier alpha value is -1.56. The lowest BCUT2D eigenvalue weighted by Gasteiger charge is -1.79. The lowest BCUT2D eigenvalue weighted by atomic mass is 10.3. The molecule has 0 fully saturated rings. The fourth-order valence-electron chi connectivity index (χ4n) is 1.12. The van der Waals surface area contributed by atoms with Gasteiger partial charge in [0.2, 0.25) is 0 Å². The molecule has 26 heavy (non-hydrogen) atoms. The first-order valence-corrected chi connectivity index (χ1v) is 10.8. The van der Waals surface area contributed by atoms with Gasteiger partial charge in [0, 0.05) is 0 Å². The second-order valence-corrected chi connectivity index (χ2v) is 4.37. The van der Waals surface area contributed by atoms with Crippen LogP contribution in [0.2, 0.25) is 0 Å². The smallest absolute Gasteiger partial charge is 0.0538 e. The van der Waals surface area contributed by atoms with Gasteiger partial charge < -0.3 is 0 Å². The Morgan fingerprint density at radius 3 is 0.500 bits per heavy atom. The summed E-state index contributed by atoms with van der Waals surface area (Å²) in [4.78, 5) is 0. The molecule has 2 rings (SSSR count). The Bertz CT molecular complexity index is 225. The summed E-state index contributed by atoms with van der Waals surface area (Å²) < 4.78 is 0. The van der Waals surface area contributed by atoms with Crippen LogP contribution in [0.4, 0.5) is 0 Å². The second-order valence-electron chi connectivity index (χ2n) is 4.37. The van der Waals surface area contributed by atoms with E-state index in [1.807, 2.05) is 114 Å². The molecule has 0 aromatic heterocycles. The molecule has 0 heteroatoms. The van der Waals surface area contributed by atoms with Crippen LogP contribution in [-0.2, 0) is 0 Å². The van der Waals surface area contributed by atoms with Gasteiger partial charge >= 0.3 is 0 Å². The zero-order chi connectivity index (χ0) is 21.3. The predicted octanol–water partition coefficient (Wildman–Crippen LogP) is 10.1. The number of hydrogen-bond donors (Lipinski definition) is 0. The van der Waals surface area contributed by atoms with Crippen LogP contribution in [0.5, 0.6) is 0 Å². The van der Waals surface area contributed by atoms with E-state index in [4.69, 9.17) is 0 Å². The van der Waals surface area contributed by atoms with Crippen LogP contribution in [0, 0.1) is 0 Å². The average Bonchev–Trinajstić information content (AvgIpc) is 2.77. The molecule has 0 unspecified atom stereocenters. The fourth-order valence-corrected chi connectivity index (χ4v) is 1.12. The molecule has 0 amide bonds. The topological polar surface area (TPSA) is 0 Å². The molecule has 2 aromatic carbocycles. The largest absolute Gasteiger partial charge is 0.0683 e. The van der Waals surface area contributed by atoms with Gasteiger partial charge in [-0.1, -0.05) is 168 Å². The highest BCUT2D eigenvalue weighted by Gasteiger charge is 1.68. The van der Waals surface area contributed by atoms with Crippen molar-refractivity contribution < 1.29 is 0 Å². The second kappa shape index (κ2) is 56.6. The minimum absolute atomic E-state index is 1.25. The van der Waals surface area contributed by atoms with Crippen molar-refractivity contribution in [1.29, 1.82) is 0 Å². The van der Waals surface area contributed by atoms with Crippen molar-refractivity contribution in [3.8, 4) is 0 Å². The highest BCUT2D eigenvalue weighted by Crippen LogP contribution is 1.88. The fraction of sp³-hybridized carbons (Fsp3) is 0.538. The van der Waals surface area contributed by atoms with Gasteiger partial charge in [0.15, 0.2) is 0 Å². The van der Waals surface area contributed by atoms with Gasteiger partial charge in [0.25, 0.3) is 0 Å². The third-order valence-corrected chi connectivity index (χ3v) is 2.04. The molecule has 154 valence electrons. The van der Waals surface area contributed by atoms with Crippen molar-refractivity contribution in [2.45, 2.75) is 94.9 Å². The van der Waals surface area contributed by atoms with Crippen molar-refractivity contribution in [3.05, 3.63) is 72.8 Å². The molecule has 2 aromatic rings. The van der Waals surface area contributed by atoms with E-state index in [0.29, 0.717) is 0 Å². The van der Waals surface area contributed by atoms with E-state index in [2.05, 4.69) is 27.7 Å². The maximum absolute atomic E-state index is 2.21. The molecular weight excluding hydrogens is 312 g/mol. The van der Waals surface area contributed by atoms with Gasteiger partial charge in [-0.05, 0) is 0 Å². The molecule has 0 saturated heterocycles. The van der Waals surface area contributed by atoms with Crippen LogP contribution in [-0.4, -0.2) is 0 Å². The summed E-state index contributed by atoms with van der Waals surface area (Å²) in [6.45, 7) is 20.7. The van der Waals surface area contributed by atoms with Crippen molar-refractivity contribution in [3.63, 3.8) is 0 Å². The Balaban J connectivity index is -0.0000000702. The van der Waals surface area contributed by atoms with Crippen molar-refractivity contribution in [1.82, 2.24) is 0 Å². The average molecular weight is 363 g/mol. The first-order valence-electron chi connectivity index (χ1n) is 10.8. The Kier molecular flexibility index (Phi) is 77.4. The Morgan fingerprint density at radius 1 is 0.346 bits per heavy atom. The molecule has 0 spiro atoms. The van der Waals surface area contributed by atoms with Gasteiger partial charge in [-0.25, -0.2) is 0 Å². The standard InChI is InChI=1S/2C6H6.C5H12.C3H8.3C2H6/c2*1-2-4-6-5-3-1;1-3-5-4-2;1-3-2;3*1-2/h2*1-6H;3-5H2,1-2H3;3H2,1-2H3;3*1-2H3. The van der Waals surface area contributed by atoms with Crippen LogP contribution in [0.3, 0.4) is 0 Å². The van der Waals surface area contributed by atoms with E-state index in [1.54, 1.807) is 0 Å². The maximum Gasteiger partial charge on any atom is -0.0538 e. The van der Waals surface area contributed by atoms with Crippen LogP contribution in [0.25, 0.3) is 0 Å². The highest BCUT2D eigenvalue weighted by molar-refractivity contribution is 4.99. The Morgan fingerprint density at radius 2 is 0.462 bits per heavy atom. The van der Waals surface area contributed by atoms with Crippen molar-refractivity contribution >= 4 is 0 Å². The number of unbranched alkanes of at least 4 members (excludes halogenated alkanes) is 2. The molecular formula is C26H50. The van der Waals surface area contributed by atoms with E-state index in [0.717, 1.165) is 0 Å². The van der Waals surface area contributed by atoms with E-state index >= 15 is 0 Å². The normalized spacial score (nSPS) is 6.69. The first-order chi connectivity index (χ1) is 12.8. The summed E-state index contributed by atoms with van der Waals surface area (Å²) in [5, 5.41) is 0. The monoisotopic (exact) mass is 362 g/mol. The van der Waals surface area contributed by atoms with Crippen LogP contribution in [0.1, 0.15) is 94.9 Å². The minimum Gasteiger partial charge on any atom is -0.0683 e. The van der Waals surface area contributed by atoms with Crippen LogP contribution >= 0.6 is 0 Å². The van der Waals surface area contributed by atoms with E-state index in [1.165, 1.54) is 25.7 Å². The number of benzene rings is 2. The number of rotatable bonds is 2. The molecule has 0 saturated carbocycles. The SMILES string of the molecule is CC.CC.CC.CCC.CCCCC.c1ccccc1.c1ccccc1. The van der Waals surface area contributed by atoms with Gasteiger partial charge in [-0.3, -0.25) is 0 Å². The lowest BCUT2D eigenvalue weighted by molar-refractivity contribution is 0.772. The molecule has 0 bridgehead atoms. The van der Waals surface area contributed by atoms with E-state index in [9.17, 15) is 0 Å². The predicted molar refractivity (Wildman–Crippen MR) is 128 cm³/mol. The van der Waals surface area contributed by atoms with Crippen molar-refractivity contribution in [2.24, 2.45) is 0 Å². The summed E-state index contributed by atoms with van der Waals surface area (Å²) in [7, 11) is 0. The zero-order valence-corrected chi connectivity index (χ0v) is 19.8. The summed E-state index contributed by atoms with van der Waals surface area (Å²) >= 11 is 0. The molecule has 0 aliphatic carbocycles. The summed E-state index contributed by atoms with van der Waals surface area (Å²) in [6, 6.07) is 24.0. The summed E-state index contributed by atoms with van der Waals surface area (Å²) in [5.41, 5.74) is 0. The van der Waals surface area contributed by atoms with E-state index in [-0.39, 0.29) is 0 Å². The van der Waals surface area contributed by atoms with Gasteiger partial charge in [-0.15, -0.1) is 0 Å². The lowest BCUT2D eigenvalue weighted by Crippen LogP contribution is -1.59. The minimum atomic E-state index is 1.25. The third kappa shape index (κ3) is 66.7.